The molecule has 0 aromatic carbocycles. The molecule has 0 aromatic heterocycles. The molecule has 0 fully saturated rings. The van der Waals surface area contributed by atoms with E-state index in [1.165, 1.54) is 57.8 Å². The van der Waals surface area contributed by atoms with Crippen LogP contribution in [-0.4, -0.2) is 11.1 Å². The first-order valence-corrected chi connectivity index (χ1v) is 7.64. The Morgan fingerprint density at radius 1 is 0.850 bits per heavy atom. The van der Waals surface area contributed by atoms with Crippen LogP contribution in [0.4, 0.5) is 0 Å². The van der Waals surface area contributed by atoms with E-state index in [-0.39, 0.29) is 62.0 Å². The fourth-order valence-corrected chi connectivity index (χ4v) is 1.99. The summed E-state index contributed by atoms with van der Waals surface area (Å²) in [6.07, 6.45) is 18.3. The van der Waals surface area contributed by atoms with Crippen molar-refractivity contribution in [3.63, 3.8) is 0 Å². The van der Waals surface area contributed by atoms with Crippen molar-refractivity contribution in [2.45, 2.75) is 84.0 Å². The van der Waals surface area contributed by atoms with Crippen molar-refractivity contribution in [2.24, 2.45) is 0 Å². The van der Waals surface area contributed by atoms with Crippen LogP contribution in [0.1, 0.15) is 86.8 Å². The minimum Gasteiger partial charge on any atom is -1.00 e. The van der Waals surface area contributed by atoms with Gasteiger partial charge in [-0.3, -0.25) is 4.79 Å². The van der Waals surface area contributed by atoms with Gasteiger partial charge in [-0.25, -0.2) is 0 Å². The Morgan fingerprint density at radius 2 is 1.30 bits per heavy atom. The zero-order chi connectivity index (χ0) is 13.5. The average molecular weight is 302 g/mol. The number of rotatable bonds is 13. The SMILES string of the molecule is CCCCCC/C=C\CCCCCCCC(=O)O.[H-].[H-].[Na+].[Na+]. The van der Waals surface area contributed by atoms with Crippen LogP contribution in [0.25, 0.3) is 0 Å². The molecule has 0 bridgehead atoms. The van der Waals surface area contributed by atoms with Crippen LogP contribution in [0.15, 0.2) is 12.2 Å². The standard InChI is InChI=1S/C16H30O2.2Na.2H/c1-2-3-4-5-6-7-8-9-10-11-12-13-14-15-16(17)18;;;;/h7-8H,2-6,9-15H2,1H3,(H,17,18);;;;/q;2*+1;2*-1/b8-7-;;;;. The molecule has 0 saturated carbocycles. The van der Waals surface area contributed by atoms with E-state index in [0.29, 0.717) is 6.42 Å². The smallest absolute Gasteiger partial charge is 1.00 e. The monoisotopic (exact) mass is 302 g/mol. The van der Waals surface area contributed by atoms with Gasteiger partial charge in [0.25, 0.3) is 0 Å². The molecule has 0 aliphatic carbocycles. The second-order valence-electron chi connectivity index (χ2n) is 5.02. The van der Waals surface area contributed by atoms with Crippen molar-refractivity contribution in [1.82, 2.24) is 0 Å². The zero-order valence-electron chi connectivity index (χ0n) is 16.0. The summed E-state index contributed by atoms with van der Waals surface area (Å²) in [5, 5.41) is 8.48. The molecule has 110 valence electrons. The molecule has 1 N–H and O–H groups in total. The predicted molar refractivity (Wildman–Crippen MR) is 80.1 cm³/mol. The van der Waals surface area contributed by atoms with Crippen molar-refractivity contribution in [3.8, 4) is 0 Å². The molecule has 0 saturated heterocycles. The van der Waals surface area contributed by atoms with Gasteiger partial charge < -0.3 is 7.96 Å². The third-order valence-electron chi connectivity index (χ3n) is 3.15. The van der Waals surface area contributed by atoms with Crippen molar-refractivity contribution in [1.29, 1.82) is 0 Å². The molecule has 0 heterocycles. The maximum absolute atomic E-state index is 10.3. The normalized spacial score (nSPS) is 10.1. The zero-order valence-corrected chi connectivity index (χ0v) is 18.0. The van der Waals surface area contributed by atoms with Gasteiger partial charge in [-0.2, -0.15) is 0 Å². The predicted octanol–water partition coefficient (Wildman–Crippen LogP) is -0.439. The molecule has 0 rings (SSSR count). The third kappa shape index (κ3) is 24.2. The number of aliphatic carboxylic acids is 1. The fraction of sp³-hybridized carbons (Fsp3) is 0.812. The quantitative estimate of drug-likeness (QED) is 0.285. The van der Waals surface area contributed by atoms with Gasteiger partial charge in [-0.1, -0.05) is 57.6 Å². The van der Waals surface area contributed by atoms with Gasteiger partial charge in [0.2, 0.25) is 0 Å². The van der Waals surface area contributed by atoms with Crippen LogP contribution in [0, 0.1) is 0 Å². The van der Waals surface area contributed by atoms with Gasteiger partial charge >= 0.3 is 65.1 Å². The van der Waals surface area contributed by atoms with Gasteiger partial charge in [0, 0.05) is 6.42 Å². The van der Waals surface area contributed by atoms with Gasteiger partial charge in [-0.15, -0.1) is 0 Å². The summed E-state index contributed by atoms with van der Waals surface area (Å²) in [5.74, 6) is -0.666. The molecule has 20 heavy (non-hydrogen) atoms. The maximum Gasteiger partial charge on any atom is 1.00 e. The molecule has 0 aromatic rings. The van der Waals surface area contributed by atoms with Crippen LogP contribution < -0.4 is 59.1 Å². The van der Waals surface area contributed by atoms with Crippen LogP contribution in [0.3, 0.4) is 0 Å². The third-order valence-corrected chi connectivity index (χ3v) is 3.15. The Bertz CT molecular complexity index is 228. The molecule has 0 atom stereocenters. The fourth-order valence-electron chi connectivity index (χ4n) is 1.99. The van der Waals surface area contributed by atoms with E-state index in [4.69, 9.17) is 5.11 Å². The summed E-state index contributed by atoms with van der Waals surface area (Å²) in [5.41, 5.74) is 0. The van der Waals surface area contributed by atoms with Crippen LogP contribution >= 0.6 is 0 Å². The van der Waals surface area contributed by atoms with E-state index in [2.05, 4.69) is 19.1 Å². The van der Waals surface area contributed by atoms with Crippen molar-refractivity contribution >= 4 is 5.97 Å². The van der Waals surface area contributed by atoms with E-state index in [1.807, 2.05) is 0 Å². The summed E-state index contributed by atoms with van der Waals surface area (Å²) in [6.45, 7) is 2.24. The largest absolute Gasteiger partial charge is 1.00 e. The summed E-state index contributed by atoms with van der Waals surface area (Å²) >= 11 is 0. The second-order valence-corrected chi connectivity index (χ2v) is 5.02. The number of carboxylic acids is 1. The van der Waals surface area contributed by atoms with Crippen molar-refractivity contribution < 1.29 is 71.9 Å². The number of hydrogen-bond donors (Lipinski definition) is 1. The number of unbranched alkanes of at least 4 members (excludes halogenated alkanes) is 9. The summed E-state index contributed by atoms with van der Waals surface area (Å²) in [6, 6.07) is 0. The Labute approximate surface area is 172 Å². The van der Waals surface area contributed by atoms with Crippen LogP contribution in [0.5, 0.6) is 0 Å². The van der Waals surface area contributed by atoms with E-state index >= 15 is 0 Å². The average Bonchev–Trinajstić information content (AvgIpc) is 2.34. The minimum absolute atomic E-state index is 0. The molecular weight excluding hydrogens is 270 g/mol. The van der Waals surface area contributed by atoms with Gasteiger partial charge in [0.15, 0.2) is 0 Å². The number of carbonyl (C=O) groups is 1. The topological polar surface area (TPSA) is 37.3 Å². The maximum atomic E-state index is 10.3. The Balaban J connectivity index is -0.000000241. The molecule has 0 radical (unpaired) electrons. The van der Waals surface area contributed by atoms with Crippen LogP contribution in [-0.2, 0) is 4.79 Å². The van der Waals surface area contributed by atoms with E-state index < -0.39 is 5.97 Å². The molecule has 0 spiro atoms. The first kappa shape index (κ1) is 26.1. The van der Waals surface area contributed by atoms with Crippen molar-refractivity contribution in [3.05, 3.63) is 12.2 Å². The Morgan fingerprint density at radius 3 is 1.80 bits per heavy atom. The summed E-state index contributed by atoms with van der Waals surface area (Å²) in [4.78, 5) is 10.3. The van der Waals surface area contributed by atoms with Crippen LogP contribution in [0.2, 0.25) is 0 Å². The number of carboxylic acid groups (broad SMARTS) is 1. The summed E-state index contributed by atoms with van der Waals surface area (Å²) in [7, 11) is 0. The van der Waals surface area contributed by atoms with Crippen molar-refractivity contribution in [2.75, 3.05) is 0 Å². The molecule has 0 amide bonds. The Kier molecular flexibility index (Phi) is 29.4. The number of hydrogen-bond acceptors (Lipinski definition) is 1. The molecule has 0 aliphatic heterocycles. The van der Waals surface area contributed by atoms with Gasteiger partial charge in [-0.05, 0) is 32.1 Å². The van der Waals surface area contributed by atoms with Gasteiger partial charge in [0.1, 0.15) is 0 Å². The first-order chi connectivity index (χ1) is 8.77. The molecule has 0 unspecified atom stereocenters. The Hall–Kier alpha value is 1.21. The molecule has 0 aliphatic rings. The van der Waals surface area contributed by atoms with E-state index in [9.17, 15) is 4.79 Å². The minimum atomic E-state index is -0.666. The molecule has 2 nitrogen and oxygen atoms in total. The molecule has 4 heteroatoms. The first-order valence-electron chi connectivity index (χ1n) is 7.64. The van der Waals surface area contributed by atoms with Gasteiger partial charge in [0.05, 0.1) is 0 Å². The van der Waals surface area contributed by atoms with E-state index in [1.54, 1.807) is 0 Å². The molecular formula is C16H32Na2O2. The summed E-state index contributed by atoms with van der Waals surface area (Å²) < 4.78 is 0. The second kappa shape index (κ2) is 22.5. The van der Waals surface area contributed by atoms with E-state index in [0.717, 1.165) is 12.8 Å². The number of allylic oxidation sites excluding steroid dienone is 2.